The summed E-state index contributed by atoms with van der Waals surface area (Å²) in [7, 11) is 0. The van der Waals surface area contributed by atoms with E-state index in [-0.39, 0.29) is 11.7 Å². The number of aliphatic hydroxyl groups excluding tert-OH is 1. The molecule has 0 aromatic rings. The van der Waals surface area contributed by atoms with Crippen LogP contribution >= 0.6 is 0 Å². The van der Waals surface area contributed by atoms with Crippen LogP contribution in [0.25, 0.3) is 0 Å². The van der Waals surface area contributed by atoms with Crippen molar-refractivity contribution in [1.29, 1.82) is 0 Å². The highest BCUT2D eigenvalue weighted by Crippen LogP contribution is 2.74. The number of hydrogen-bond acceptors (Lipinski definition) is 2. The number of epoxide rings is 1. The fraction of sp³-hybridized carbons (Fsp3) is 1.00. The van der Waals surface area contributed by atoms with Gasteiger partial charge < -0.3 is 9.84 Å². The van der Waals surface area contributed by atoms with Crippen molar-refractivity contribution in [3.8, 4) is 0 Å². The van der Waals surface area contributed by atoms with Gasteiger partial charge in [0.2, 0.25) is 0 Å². The van der Waals surface area contributed by atoms with Crippen molar-refractivity contribution in [1.82, 2.24) is 0 Å². The Morgan fingerprint density at radius 1 is 0.966 bits per heavy atom. The highest BCUT2D eigenvalue weighted by atomic mass is 16.6. The summed E-state index contributed by atoms with van der Waals surface area (Å²) in [6.07, 6.45) is 14.8. The van der Waals surface area contributed by atoms with Gasteiger partial charge in [0, 0.05) is 11.8 Å². The average Bonchev–Trinajstić information content (AvgIpc) is 3.22. The van der Waals surface area contributed by atoms with Crippen LogP contribution in [0.3, 0.4) is 0 Å². The van der Waals surface area contributed by atoms with Gasteiger partial charge in [0.1, 0.15) is 5.60 Å². The largest absolute Gasteiger partial charge is 0.393 e. The molecule has 5 fully saturated rings. The van der Waals surface area contributed by atoms with Crippen molar-refractivity contribution in [2.45, 2.75) is 123 Å². The van der Waals surface area contributed by atoms with Crippen LogP contribution in [0.15, 0.2) is 0 Å². The molecule has 4 saturated carbocycles. The SMILES string of the molecule is CC(C)CCC[C@H](C)[C@H]1CC[C@@H]2[C@H]3C[C@H]4O[C@]45C[C@@H](O)CC[C@]5(C)[C@@H]3CC[C@@]21C. The molecule has 1 saturated heterocycles. The van der Waals surface area contributed by atoms with E-state index >= 15 is 0 Å². The Bertz CT molecular complexity index is 630. The molecule has 0 bridgehead atoms. The van der Waals surface area contributed by atoms with Gasteiger partial charge in [-0.2, -0.15) is 0 Å². The molecule has 0 amide bonds. The predicted octanol–water partition coefficient (Wildman–Crippen LogP) is 6.60. The molecule has 1 spiro atoms. The quantitative estimate of drug-likeness (QED) is 0.525. The van der Waals surface area contributed by atoms with Crippen molar-refractivity contribution in [2.75, 3.05) is 0 Å². The average molecular weight is 403 g/mol. The Kier molecular flexibility index (Phi) is 4.99. The Morgan fingerprint density at radius 3 is 2.52 bits per heavy atom. The third kappa shape index (κ3) is 2.94. The lowest BCUT2D eigenvalue weighted by Gasteiger charge is -2.59. The van der Waals surface area contributed by atoms with Gasteiger partial charge in [-0.15, -0.1) is 0 Å². The minimum absolute atomic E-state index is 0.0434. The zero-order chi connectivity index (χ0) is 20.6. The summed E-state index contributed by atoms with van der Waals surface area (Å²) < 4.78 is 6.51. The van der Waals surface area contributed by atoms with E-state index in [4.69, 9.17) is 4.74 Å². The molecule has 5 aliphatic rings. The van der Waals surface area contributed by atoms with Gasteiger partial charge in [-0.25, -0.2) is 0 Å². The van der Waals surface area contributed by atoms with E-state index in [9.17, 15) is 5.11 Å². The van der Waals surface area contributed by atoms with Gasteiger partial charge in [-0.1, -0.05) is 53.9 Å². The Hall–Kier alpha value is -0.0800. The third-order valence-electron chi connectivity index (χ3n) is 11.3. The first-order chi connectivity index (χ1) is 13.7. The van der Waals surface area contributed by atoms with Crippen LogP contribution in [-0.2, 0) is 4.74 Å². The Morgan fingerprint density at radius 2 is 1.76 bits per heavy atom. The normalized spacial score (nSPS) is 54.3. The minimum atomic E-state index is -0.124. The molecule has 5 rings (SSSR count). The van der Waals surface area contributed by atoms with E-state index in [2.05, 4.69) is 34.6 Å². The van der Waals surface area contributed by atoms with E-state index in [1.54, 1.807) is 0 Å². The summed E-state index contributed by atoms with van der Waals surface area (Å²) in [5.41, 5.74) is 0.932. The summed E-state index contributed by atoms with van der Waals surface area (Å²) in [5.74, 6) is 5.31. The second-order valence-electron chi connectivity index (χ2n) is 13.0. The molecule has 2 nitrogen and oxygen atoms in total. The highest BCUT2D eigenvalue weighted by Gasteiger charge is 2.76. The molecule has 0 aromatic carbocycles. The lowest BCUT2D eigenvalue weighted by Crippen LogP contribution is -2.58. The van der Waals surface area contributed by atoms with E-state index in [0.29, 0.717) is 16.9 Å². The van der Waals surface area contributed by atoms with Crippen LogP contribution < -0.4 is 0 Å². The zero-order valence-electron chi connectivity index (χ0n) is 19.8. The molecule has 4 aliphatic carbocycles. The first-order valence-corrected chi connectivity index (χ1v) is 13.1. The van der Waals surface area contributed by atoms with Crippen molar-refractivity contribution < 1.29 is 9.84 Å². The molecular formula is C27H46O2. The highest BCUT2D eigenvalue weighted by molar-refractivity contribution is 5.24. The zero-order valence-corrected chi connectivity index (χ0v) is 19.8. The van der Waals surface area contributed by atoms with E-state index in [0.717, 1.165) is 48.3 Å². The van der Waals surface area contributed by atoms with Crippen LogP contribution in [0.5, 0.6) is 0 Å². The van der Waals surface area contributed by atoms with Crippen LogP contribution in [0.4, 0.5) is 0 Å². The summed E-state index contributed by atoms with van der Waals surface area (Å²) in [6, 6.07) is 0. The van der Waals surface area contributed by atoms with Crippen LogP contribution in [0, 0.1) is 46.3 Å². The predicted molar refractivity (Wildman–Crippen MR) is 119 cm³/mol. The first-order valence-electron chi connectivity index (χ1n) is 13.1. The molecule has 2 heteroatoms. The van der Waals surface area contributed by atoms with Crippen LogP contribution in [0.2, 0.25) is 0 Å². The smallest absolute Gasteiger partial charge is 0.103 e. The fourth-order valence-corrected chi connectivity index (χ4v) is 9.68. The summed E-state index contributed by atoms with van der Waals surface area (Å²) in [6.45, 7) is 12.6. The monoisotopic (exact) mass is 402 g/mol. The lowest BCUT2D eigenvalue weighted by molar-refractivity contribution is -0.116. The maximum Gasteiger partial charge on any atom is 0.103 e. The molecule has 29 heavy (non-hydrogen) atoms. The number of aliphatic hydroxyl groups is 1. The number of hydrogen-bond donors (Lipinski definition) is 1. The molecule has 1 heterocycles. The number of ether oxygens (including phenoxy) is 1. The Balaban J connectivity index is 1.33. The number of rotatable bonds is 5. The topological polar surface area (TPSA) is 32.8 Å². The van der Waals surface area contributed by atoms with E-state index in [1.807, 2.05) is 0 Å². The summed E-state index contributed by atoms with van der Waals surface area (Å²) in [5, 5.41) is 10.4. The van der Waals surface area contributed by atoms with Crippen molar-refractivity contribution >= 4 is 0 Å². The second kappa shape index (κ2) is 6.96. The molecule has 1 aliphatic heterocycles. The third-order valence-corrected chi connectivity index (χ3v) is 11.3. The first kappa shape index (κ1) is 20.8. The van der Waals surface area contributed by atoms with Gasteiger partial charge in [0.05, 0.1) is 12.2 Å². The summed E-state index contributed by atoms with van der Waals surface area (Å²) in [4.78, 5) is 0. The molecule has 0 unspecified atom stereocenters. The number of fused-ring (bicyclic) bond motifs is 4. The van der Waals surface area contributed by atoms with Crippen molar-refractivity contribution in [3.05, 3.63) is 0 Å². The fourth-order valence-electron chi connectivity index (χ4n) is 9.68. The summed E-state index contributed by atoms with van der Waals surface area (Å²) >= 11 is 0. The van der Waals surface area contributed by atoms with Crippen molar-refractivity contribution in [3.63, 3.8) is 0 Å². The lowest BCUT2D eigenvalue weighted by atomic mass is 9.44. The molecule has 10 atom stereocenters. The molecular weight excluding hydrogens is 356 g/mol. The minimum Gasteiger partial charge on any atom is -0.393 e. The van der Waals surface area contributed by atoms with Gasteiger partial charge in [0.15, 0.2) is 0 Å². The molecule has 1 N–H and O–H groups in total. The van der Waals surface area contributed by atoms with Crippen LogP contribution in [0.1, 0.15) is 105 Å². The van der Waals surface area contributed by atoms with Gasteiger partial charge in [0.25, 0.3) is 0 Å². The Labute approximate surface area is 179 Å². The van der Waals surface area contributed by atoms with Crippen molar-refractivity contribution in [2.24, 2.45) is 46.3 Å². The molecule has 0 radical (unpaired) electrons. The second-order valence-corrected chi connectivity index (χ2v) is 13.0. The molecule has 0 aromatic heterocycles. The van der Waals surface area contributed by atoms with Crippen LogP contribution in [-0.4, -0.2) is 22.9 Å². The standard InChI is InChI=1S/C27H46O2/c1-17(2)7-6-8-18(3)21-9-10-22-20-15-24-27(29-24)16-19(28)11-14-26(27,5)23(20)12-13-25(21,22)4/h17-24,28H,6-16H2,1-5H3/t18-,19-,20+,21+,22+,23+,24+,25+,26+,27+/m0/s1. The van der Waals surface area contributed by atoms with Gasteiger partial charge in [-0.05, 0) is 85.9 Å². The van der Waals surface area contributed by atoms with Gasteiger partial charge in [-0.3, -0.25) is 0 Å². The molecule has 166 valence electrons. The maximum absolute atomic E-state index is 10.4. The van der Waals surface area contributed by atoms with E-state index in [1.165, 1.54) is 57.8 Å². The maximum atomic E-state index is 10.4. The van der Waals surface area contributed by atoms with Gasteiger partial charge >= 0.3 is 0 Å². The van der Waals surface area contributed by atoms with E-state index < -0.39 is 0 Å².